The minimum Gasteiger partial charge on any atom is -0.439 e. The van der Waals surface area contributed by atoms with Crippen LogP contribution in [0.1, 0.15) is 22.0 Å². The molecule has 96 valence electrons. The van der Waals surface area contributed by atoms with E-state index in [1.165, 1.54) is 7.05 Å². The van der Waals surface area contributed by atoms with E-state index in [0.717, 1.165) is 4.90 Å². The molecule has 0 bridgehead atoms. The molecule has 0 N–H and O–H groups in total. The fourth-order valence-corrected chi connectivity index (χ4v) is 2.15. The summed E-state index contributed by atoms with van der Waals surface area (Å²) in [7, 11) is 1.37. The topological polar surface area (TPSA) is 46.6 Å². The van der Waals surface area contributed by atoms with E-state index >= 15 is 0 Å². The van der Waals surface area contributed by atoms with Crippen molar-refractivity contribution < 1.29 is 14.3 Å². The smallest absolute Gasteiger partial charge is 0.417 e. The average molecular weight is 288 g/mol. The number of cyclic esters (lactones) is 1. The number of alkyl halides is 2. The molecule has 6 heteroatoms. The number of amides is 2. The van der Waals surface area contributed by atoms with Crippen LogP contribution in [0.15, 0.2) is 24.3 Å². The molecular weight excluding hydrogens is 277 g/mol. The SMILES string of the molecule is CN1C(=O)OC(C(Cl)CCl)c2ccccc2C1=O. The van der Waals surface area contributed by atoms with Crippen LogP contribution >= 0.6 is 23.2 Å². The predicted octanol–water partition coefficient (Wildman–Crippen LogP) is 2.80. The van der Waals surface area contributed by atoms with Gasteiger partial charge in [0.05, 0.1) is 5.38 Å². The monoisotopic (exact) mass is 287 g/mol. The van der Waals surface area contributed by atoms with Gasteiger partial charge in [-0.3, -0.25) is 4.79 Å². The summed E-state index contributed by atoms with van der Waals surface area (Å²) in [6.07, 6.45) is -1.45. The molecule has 0 aromatic heterocycles. The summed E-state index contributed by atoms with van der Waals surface area (Å²) in [5, 5.41) is -0.587. The number of benzene rings is 1. The number of carbonyl (C=O) groups excluding carboxylic acids is 2. The summed E-state index contributed by atoms with van der Waals surface area (Å²) >= 11 is 11.8. The van der Waals surface area contributed by atoms with E-state index in [9.17, 15) is 9.59 Å². The highest BCUT2D eigenvalue weighted by atomic mass is 35.5. The lowest BCUT2D eigenvalue weighted by Crippen LogP contribution is -2.32. The van der Waals surface area contributed by atoms with Crippen molar-refractivity contribution in [3.63, 3.8) is 0 Å². The molecule has 1 aromatic carbocycles. The number of imide groups is 1. The van der Waals surface area contributed by atoms with Gasteiger partial charge in [0, 0.05) is 24.1 Å². The van der Waals surface area contributed by atoms with E-state index in [-0.39, 0.29) is 5.88 Å². The molecule has 4 nitrogen and oxygen atoms in total. The Kier molecular flexibility index (Phi) is 3.78. The maximum Gasteiger partial charge on any atom is 0.417 e. The molecule has 1 aromatic rings. The molecule has 0 fully saturated rings. The highest BCUT2D eigenvalue weighted by molar-refractivity contribution is 6.28. The third-order valence-corrected chi connectivity index (χ3v) is 3.65. The molecule has 1 heterocycles. The summed E-state index contributed by atoms with van der Waals surface area (Å²) in [5.74, 6) is -0.289. The lowest BCUT2D eigenvalue weighted by molar-refractivity contribution is 0.0617. The minimum absolute atomic E-state index is 0.117. The zero-order chi connectivity index (χ0) is 13.3. The normalized spacial score (nSPS) is 21.1. The third-order valence-electron chi connectivity index (χ3n) is 2.78. The summed E-state index contributed by atoms with van der Waals surface area (Å²) < 4.78 is 5.22. The summed E-state index contributed by atoms with van der Waals surface area (Å²) in [6.45, 7) is 0. The van der Waals surface area contributed by atoms with Crippen LogP contribution in [0.5, 0.6) is 0 Å². The second-order valence-corrected chi connectivity index (χ2v) is 4.80. The molecule has 2 unspecified atom stereocenters. The second-order valence-electron chi connectivity index (χ2n) is 3.93. The quantitative estimate of drug-likeness (QED) is 0.786. The largest absolute Gasteiger partial charge is 0.439 e. The van der Waals surface area contributed by atoms with Crippen LogP contribution in [0.4, 0.5) is 4.79 Å². The molecule has 1 aliphatic rings. The fourth-order valence-electron chi connectivity index (χ4n) is 1.80. The Morgan fingerprint density at radius 2 is 2.06 bits per heavy atom. The van der Waals surface area contributed by atoms with Crippen LogP contribution < -0.4 is 0 Å². The van der Waals surface area contributed by atoms with Crippen molar-refractivity contribution >= 4 is 35.2 Å². The van der Waals surface area contributed by atoms with Crippen molar-refractivity contribution in [2.75, 3.05) is 12.9 Å². The molecule has 2 rings (SSSR count). The van der Waals surface area contributed by atoms with Crippen LogP contribution in [0.2, 0.25) is 0 Å². The molecule has 0 saturated heterocycles. The molecule has 18 heavy (non-hydrogen) atoms. The Hall–Kier alpha value is -1.26. The second kappa shape index (κ2) is 5.16. The van der Waals surface area contributed by atoms with Crippen molar-refractivity contribution in [3.8, 4) is 0 Å². The van der Waals surface area contributed by atoms with Gasteiger partial charge in [0.25, 0.3) is 5.91 Å². The van der Waals surface area contributed by atoms with Gasteiger partial charge in [-0.1, -0.05) is 18.2 Å². The van der Waals surface area contributed by atoms with Gasteiger partial charge in [0.1, 0.15) is 6.10 Å². The molecule has 2 amide bonds. The Morgan fingerprint density at radius 3 is 2.72 bits per heavy atom. The van der Waals surface area contributed by atoms with Gasteiger partial charge in [0.15, 0.2) is 0 Å². The number of fused-ring (bicyclic) bond motifs is 1. The molecule has 2 atom stereocenters. The minimum atomic E-state index is -0.725. The molecule has 0 aliphatic carbocycles. The van der Waals surface area contributed by atoms with Crippen LogP contribution in [0, 0.1) is 0 Å². The van der Waals surface area contributed by atoms with Gasteiger partial charge in [-0.25, -0.2) is 9.69 Å². The maximum atomic E-state index is 12.1. The Morgan fingerprint density at radius 1 is 1.39 bits per heavy atom. The number of halogens is 2. The van der Waals surface area contributed by atoms with Gasteiger partial charge >= 0.3 is 6.09 Å². The van der Waals surface area contributed by atoms with Gasteiger partial charge in [0.2, 0.25) is 0 Å². The molecule has 0 spiro atoms. The molecule has 0 saturated carbocycles. The van der Waals surface area contributed by atoms with Gasteiger partial charge in [-0.05, 0) is 6.07 Å². The van der Waals surface area contributed by atoms with Crippen LogP contribution in [-0.2, 0) is 4.74 Å². The molecular formula is C12H11Cl2NO3. The zero-order valence-corrected chi connectivity index (χ0v) is 11.1. The van der Waals surface area contributed by atoms with Crippen molar-refractivity contribution in [1.29, 1.82) is 0 Å². The Balaban J connectivity index is 2.54. The van der Waals surface area contributed by atoms with Gasteiger partial charge < -0.3 is 4.74 Å². The predicted molar refractivity (Wildman–Crippen MR) is 68.1 cm³/mol. The van der Waals surface area contributed by atoms with Crippen LogP contribution in [-0.4, -0.2) is 35.2 Å². The van der Waals surface area contributed by atoms with E-state index < -0.39 is 23.5 Å². The summed E-state index contributed by atoms with van der Waals surface area (Å²) in [4.78, 5) is 24.7. The average Bonchev–Trinajstić information content (AvgIpc) is 2.49. The fraction of sp³-hybridized carbons (Fsp3) is 0.333. The summed E-state index contributed by atoms with van der Waals surface area (Å²) in [6, 6.07) is 6.84. The highest BCUT2D eigenvalue weighted by Gasteiger charge is 2.35. The van der Waals surface area contributed by atoms with E-state index in [1.807, 2.05) is 0 Å². The van der Waals surface area contributed by atoms with Gasteiger partial charge in [-0.2, -0.15) is 0 Å². The van der Waals surface area contributed by atoms with Crippen LogP contribution in [0.3, 0.4) is 0 Å². The molecule has 0 radical (unpaired) electrons. The third kappa shape index (κ3) is 2.18. The van der Waals surface area contributed by atoms with E-state index in [1.54, 1.807) is 24.3 Å². The van der Waals surface area contributed by atoms with E-state index in [0.29, 0.717) is 11.1 Å². The first-order valence-corrected chi connectivity index (χ1v) is 6.31. The zero-order valence-electron chi connectivity index (χ0n) is 9.60. The number of nitrogens with zero attached hydrogens (tertiary/aromatic N) is 1. The van der Waals surface area contributed by atoms with E-state index in [2.05, 4.69) is 0 Å². The lowest BCUT2D eigenvalue weighted by Gasteiger charge is -2.20. The van der Waals surface area contributed by atoms with Crippen molar-refractivity contribution in [2.24, 2.45) is 0 Å². The standard InChI is InChI=1S/C12H11Cl2NO3/c1-15-11(16)8-5-3-2-4-7(8)10(9(14)6-13)18-12(15)17/h2-5,9-10H,6H2,1H3. The Bertz CT molecular complexity index is 492. The van der Waals surface area contributed by atoms with Crippen molar-refractivity contribution in [2.45, 2.75) is 11.5 Å². The van der Waals surface area contributed by atoms with Crippen molar-refractivity contribution in [1.82, 2.24) is 4.90 Å². The Labute approximate surface area is 114 Å². The number of hydrogen-bond donors (Lipinski definition) is 0. The lowest BCUT2D eigenvalue weighted by atomic mass is 10.00. The number of hydrogen-bond acceptors (Lipinski definition) is 3. The summed E-state index contributed by atoms with van der Waals surface area (Å²) in [5.41, 5.74) is 0.993. The molecule has 1 aliphatic heterocycles. The number of rotatable bonds is 2. The van der Waals surface area contributed by atoms with E-state index in [4.69, 9.17) is 27.9 Å². The van der Waals surface area contributed by atoms with Crippen LogP contribution in [0.25, 0.3) is 0 Å². The highest BCUT2D eigenvalue weighted by Crippen LogP contribution is 2.32. The van der Waals surface area contributed by atoms with Crippen molar-refractivity contribution in [3.05, 3.63) is 35.4 Å². The number of carbonyl (C=O) groups is 2. The first-order valence-electron chi connectivity index (χ1n) is 5.34. The van der Waals surface area contributed by atoms with Gasteiger partial charge in [-0.15, -0.1) is 23.2 Å². The maximum absolute atomic E-state index is 12.1. The first-order chi connectivity index (χ1) is 8.56. The first kappa shape index (κ1) is 13.2. The number of ether oxygens (including phenoxy) is 1.